The molecule has 0 bridgehead atoms. The molecule has 0 spiro atoms. The molecule has 0 saturated carbocycles. The second-order valence-corrected chi connectivity index (χ2v) is 9.18. The summed E-state index contributed by atoms with van der Waals surface area (Å²) in [7, 11) is 0. The zero-order valence-corrected chi connectivity index (χ0v) is 20.4. The summed E-state index contributed by atoms with van der Waals surface area (Å²) < 4.78 is 7.39. The number of hydrogen-bond acceptors (Lipinski definition) is 5. The summed E-state index contributed by atoms with van der Waals surface area (Å²) in [6.07, 6.45) is 4.97. The number of carbonyl (C=O) groups excluding carboxylic acids is 2. The molecule has 3 heterocycles. The summed E-state index contributed by atoms with van der Waals surface area (Å²) in [5, 5.41) is 15.1. The van der Waals surface area contributed by atoms with Crippen molar-refractivity contribution in [1.82, 2.24) is 14.7 Å². The van der Waals surface area contributed by atoms with E-state index in [0.29, 0.717) is 28.5 Å². The average Bonchev–Trinajstić information content (AvgIpc) is 3.56. The van der Waals surface area contributed by atoms with Gasteiger partial charge in [-0.15, -0.1) is 0 Å². The molecule has 3 aromatic rings. The molecule has 0 N–H and O–H groups in total. The highest BCUT2D eigenvalue weighted by molar-refractivity contribution is 6.30. The normalized spacial score (nSPS) is 19.3. The Balaban J connectivity index is 1.63. The number of halogens is 1. The Hall–Kier alpha value is -3.99. The van der Waals surface area contributed by atoms with E-state index >= 15 is 0 Å². The summed E-state index contributed by atoms with van der Waals surface area (Å²) in [4.78, 5) is 27.7. The molecule has 5 rings (SSSR count). The Morgan fingerprint density at radius 2 is 1.89 bits per heavy atom. The highest BCUT2D eigenvalue weighted by atomic mass is 35.5. The minimum atomic E-state index is -0.578. The highest BCUT2D eigenvalue weighted by Gasteiger charge is 2.37. The number of nitriles is 1. The summed E-state index contributed by atoms with van der Waals surface area (Å²) >= 11 is 6.10. The topological polar surface area (TPSA) is 88.2 Å². The monoisotopic (exact) mass is 498 g/mol. The highest BCUT2D eigenvalue weighted by Crippen LogP contribution is 2.32. The first-order valence-corrected chi connectivity index (χ1v) is 12.1. The molecular formula is C28H23ClN4O3. The Labute approximate surface area is 213 Å². The fourth-order valence-electron chi connectivity index (χ4n) is 4.48. The number of benzene rings is 2. The summed E-state index contributed by atoms with van der Waals surface area (Å²) in [6, 6.07) is 18.9. The van der Waals surface area contributed by atoms with E-state index in [9.17, 15) is 14.9 Å². The standard InChI is InChI=1S/C28H23ClN4O3/c1-18-24(27(34)32(28(35)25(18)15-30)17-23-8-5-13-36-23)14-20-16-33(22-6-3-2-4-7-22)31-26(20)19-9-11-21(29)12-10-19/h2-4,6-7,9-12,14,16,23H,5,8,13,17H2,1H3/b24-14+. The molecular weight excluding hydrogens is 476 g/mol. The minimum Gasteiger partial charge on any atom is -0.376 e. The van der Waals surface area contributed by atoms with Gasteiger partial charge in [0, 0.05) is 34.5 Å². The van der Waals surface area contributed by atoms with Crippen LogP contribution < -0.4 is 0 Å². The lowest BCUT2D eigenvalue weighted by atomic mass is 9.93. The van der Waals surface area contributed by atoms with Crippen LogP contribution in [0, 0.1) is 11.3 Å². The van der Waals surface area contributed by atoms with Crippen LogP contribution >= 0.6 is 11.6 Å². The molecule has 1 saturated heterocycles. The fraction of sp³-hybridized carbons (Fsp3) is 0.214. The number of para-hydroxylation sites is 1. The van der Waals surface area contributed by atoms with E-state index < -0.39 is 11.8 Å². The Morgan fingerprint density at radius 1 is 1.14 bits per heavy atom. The Morgan fingerprint density at radius 3 is 2.56 bits per heavy atom. The third-order valence-corrected chi connectivity index (χ3v) is 6.67. The zero-order valence-electron chi connectivity index (χ0n) is 19.6. The van der Waals surface area contributed by atoms with Crippen molar-refractivity contribution < 1.29 is 14.3 Å². The predicted octanol–water partition coefficient (Wildman–Crippen LogP) is 4.96. The van der Waals surface area contributed by atoms with Gasteiger partial charge >= 0.3 is 0 Å². The van der Waals surface area contributed by atoms with E-state index in [1.54, 1.807) is 29.8 Å². The van der Waals surface area contributed by atoms with Crippen molar-refractivity contribution in [2.75, 3.05) is 13.2 Å². The van der Waals surface area contributed by atoms with Crippen LogP contribution in [0.5, 0.6) is 0 Å². The lowest BCUT2D eigenvalue weighted by Crippen LogP contribution is -2.46. The first-order valence-electron chi connectivity index (χ1n) is 11.7. The lowest BCUT2D eigenvalue weighted by molar-refractivity contribution is -0.142. The van der Waals surface area contributed by atoms with Gasteiger partial charge < -0.3 is 4.74 Å². The van der Waals surface area contributed by atoms with Gasteiger partial charge in [0.15, 0.2) is 0 Å². The van der Waals surface area contributed by atoms with Crippen LogP contribution in [-0.2, 0) is 14.3 Å². The first kappa shape index (κ1) is 23.7. The molecule has 0 aliphatic carbocycles. The molecule has 2 aliphatic heterocycles. The Kier molecular flexibility index (Phi) is 6.55. The van der Waals surface area contributed by atoms with Crippen LogP contribution in [0.2, 0.25) is 5.02 Å². The number of hydrogen-bond donors (Lipinski definition) is 0. The zero-order chi connectivity index (χ0) is 25.2. The van der Waals surface area contributed by atoms with E-state index in [2.05, 4.69) is 0 Å². The van der Waals surface area contributed by atoms with Gasteiger partial charge in [0.05, 0.1) is 24.0 Å². The maximum Gasteiger partial charge on any atom is 0.271 e. The number of imide groups is 1. The van der Waals surface area contributed by atoms with Gasteiger partial charge in [0.1, 0.15) is 11.6 Å². The van der Waals surface area contributed by atoms with Crippen LogP contribution in [-0.4, -0.2) is 45.8 Å². The maximum absolute atomic E-state index is 13.6. The number of ether oxygens (including phenoxy) is 1. The van der Waals surface area contributed by atoms with Gasteiger partial charge in [0.25, 0.3) is 11.8 Å². The van der Waals surface area contributed by atoms with Crippen molar-refractivity contribution in [2.45, 2.75) is 25.9 Å². The van der Waals surface area contributed by atoms with Crippen molar-refractivity contribution in [1.29, 1.82) is 5.26 Å². The first-order chi connectivity index (χ1) is 17.5. The minimum absolute atomic E-state index is 0.0395. The van der Waals surface area contributed by atoms with E-state index in [4.69, 9.17) is 21.4 Å². The van der Waals surface area contributed by atoms with Gasteiger partial charge in [-0.1, -0.05) is 41.9 Å². The molecule has 36 heavy (non-hydrogen) atoms. The van der Waals surface area contributed by atoms with E-state index in [0.717, 1.165) is 29.0 Å². The van der Waals surface area contributed by atoms with Gasteiger partial charge in [0.2, 0.25) is 0 Å². The van der Waals surface area contributed by atoms with Crippen molar-refractivity contribution in [3.63, 3.8) is 0 Å². The molecule has 180 valence electrons. The predicted molar refractivity (Wildman–Crippen MR) is 136 cm³/mol. The quantitative estimate of drug-likeness (QED) is 0.366. The molecule has 2 aliphatic rings. The SMILES string of the molecule is CC1=C(C#N)C(=O)N(CC2CCCO2)C(=O)/C1=C/c1cn(-c2ccccc2)nc1-c1ccc(Cl)cc1. The van der Waals surface area contributed by atoms with Gasteiger partial charge in [-0.3, -0.25) is 14.5 Å². The third-order valence-electron chi connectivity index (χ3n) is 6.42. The molecule has 8 heteroatoms. The van der Waals surface area contributed by atoms with Crippen LogP contribution in [0.25, 0.3) is 23.0 Å². The fourth-order valence-corrected chi connectivity index (χ4v) is 4.61. The van der Waals surface area contributed by atoms with Crippen molar-refractivity contribution in [3.05, 3.63) is 88.1 Å². The second-order valence-electron chi connectivity index (χ2n) is 8.75. The second kappa shape index (κ2) is 9.94. The smallest absolute Gasteiger partial charge is 0.271 e. The van der Waals surface area contributed by atoms with Crippen molar-refractivity contribution in [2.24, 2.45) is 0 Å². The van der Waals surface area contributed by atoms with Crippen LogP contribution in [0.1, 0.15) is 25.3 Å². The maximum atomic E-state index is 13.6. The van der Waals surface area contributed by atoms with E-state index in [-0.39, 0.29) is 23.8 Å². The molecule has 0 radical (unpaired) electrons. The van der Waals surface area contributed by atoms with E-state index in [1.165, 1.54) is 0 Å². The number of carbonyl (C=O) groups is 2. The number of aromatic nitrogens is 2. The molecule has 1 aromatic heterocycles. The van der Waals surface area contributed by atoms with Crippen LogP contribution in [0.4, 0.5) is 0 Å². The molecule has 1 atom stereocenters. The largest absolute Gasteiger partial charge is 0.376 e. The van der Waals surface area contributed by atoms with Crippen molar-refractivity contribution in [3.8, 4) is 23.0 Å². The van der Waals surface area contributed by atoms with Gasteiger partial charge in [-0.25, -0.2) is 4.68 Å². The third kappa shape index (κ3) is 4.49. The van der Waals surface area contributed by atoms with E-state index in [1.807, 2.05) is 54.7 Å². The molecule has 2 amide bonds. The average molecular weight is 499 g/mol. The molecule has 2 aromatic carbocycles. The van der Waals surface area contributed by atoms with Crippen molar-refractivity contribution >= 4 is 29.5 Å². The van der Waals surface area contributed by atoms with Gasteiger partial charge in [-0.2, -0.15) is 10.4 Å². The summed E-state index contributed by atoms with van der Waals surface area (Å²) in [6.45, 7) is 2.36. The summed E-state index contributed by atoms with van der Waals surface area (Å²) in [5.41, 5.74) is 3.59. The summed E-state index contributed by atoms with van der Waals surface area (Å²) in [5.74, 6) is -1.02. The number of nitrogens with zero attached hydrogens (tertiary/aromatic N) is 4. The number of amides is 2. The molecule has 1 unspecified atom stereocenters. The Bertz CT molecular complexity index is 1430. The lowest BCUT2D eigenvalue weighted by Gasteiger charge is -2.29. The van der Waals surface area contributed by atoms with Crippen LogP contribution in [0.15, 0.2) is 77.5 Å². The molecule has 7 nitrogen and oxygen atoms in total. The number of rotatable bonds is 5. The molecule has 1 fully saturated rings. The van der Waals surface area contributed by atoms with Crippen LogP contribution in [0.3, 0.4) is 0 Å². The van der Waals surface area contributed by atoms with Gasteiger partial charge in [-0.05, 0) is 55.7 Å².